The molecule has 9 nitrogen and oxygen atoms in total. The molecule has 36 heavy (non-hydrogen) atoms. The second kappa shape index (κ2) is 9.68. The Morgan fingerprint density at radius 1 is 1.25 bits per heavy atom. The lowest BCUT2D eigenvalue weighted by Gasteiger charge is -2.34. The molecule has 2 saturated heterocycles. The third-order valence-corrected chi connectivity index (χ3v) is 7.89. The highest BCUT2D eigenvalue weighted by molar-refractivity contribution is 7.12. The number of aromatic nitrogens is 2. The summed E-state index contributed by atoms with van der Waals surface area (Å²) in [6.45, 7) is 0.966. The van der Waals surface area contributed by atoms with Crippen LogP contribution in [0.5, 0.6) is 5.75 Å². The lowest BCUT2D eigenvalue weighted by Crippen LogP contribution is -2.44. The number of benzene rings is 1. The molecule has 5 rings (SSSR count). The highest BCUT2D eigenvalue weighted by atomic mass is 35.5. The molecular formula is C23H24ClF2N7O2S. The van der Waals surface area contributed by atoms with Gasteiger partial charge in [0.15, 0.2) is 11.6 Å². The van der Waals surface area contributed by atoms with Gasteiger partial charge in [-0.3, -0.25) is 9.69 Å². The Morgan fingerprint density at radius 3 is 2.72 bits per heavy atom. The van der Waals surface area contributed by atoms with E-state index in [-0.39, 0.29) is 28.2 Å². The molecule has 0 saturated carbocycles. The van der Waals surface area contributed by atoms with Crippen LogP contribution in [-0.2, 0) is 0 Å². The van der Waals surface area contributed by atoms with Crippen LogP contribution < -0.4 is 26.0 Å². The molecule has 0 aliphatic carbocycles. The predicted molar refractivity (Wildman–Crippen MR) is 136 cm³/mol. The van der Waals surface area contributed by atoms with E-state index in [4.69, 9.17) is 22.1 Å². The number of piperazine rings is 1. The SMILES string of the molecule is C[C@H]1[C@@H]2CN(c3ccc(Nc4ncc(Cl)c(Nc5ccsc5C(N)=O)n4)c(OC(F)F)c3)[C@H]1CN2C. The number of alkyl halides is 2. The number of halogens is 3. The molecule has 2 aromatic heterocycles. The van der Waals surface area contributed by atoms with Crippen LogP contribution in [0.3, 0.4) is 0 Å². The average molecular weight is 536 g/mol. The normalized spacial score (nSPS) is 21.3. The Labute approximate surface area is 215 Å². The zero-order valence-corrected chi connectivity index (χ0v) is 21.0. The molecule has 4 heterocycles. The average Bonchev–Trinajstić information content (AvgIpc) is 3.49. The summed E-state index contributed by atoms with van der Waals surface area (Å²) in [5, 5.41) is 7.81. The van der Waals surface area contributed by atoms with Crippen LogP contribution in [0.1, 0.15) is 16.6 Å². The van der Waals surface area contributed by atoms with Crippen molar-refractivity contribution < 1.29 is 18.3 Å². The van der Waals surface area contributed by atoms with Crippen molar-refractivity contribution in [1.29, 1.82) is 0 Å². The van der Waals surface area contributed by atoms with Crippen LogP contribution >= 0.6 is 22.9 Å². The largest absolute Gasteiger partial charge is 0.433 e. The number of thiophene rings is 1. The van der Waals surface area contributed by atoms with E-state index in [0.29, 0.717) is 28.6 Å². The van der Waals surface area contributed by atoms with E-state index < -0.39 is 12.5 Å². The Balaban J connectivity index is 1.40. The van der Waals surface area contributed by atoms with Crippen LogP contribution in [0, 0.1) is 5.92 Å². The molecule has 13 heteroatoms. The van der Waals surface area contributed by atoms with E-state index in [2.05, 4.69) is 44.4 Å². The fourth-order valence-electron chi connectivity index (χ4n) is 4.92. The number of nitrogens with two attached hydrogens (primary N) is 1. The molecule has 2 fully saturated rings. The Bertz CT molecular complexity index is 1290. The van der Waals surface area contributed by atoms with Crippen molar-refractivity contribution in [2.45, 2.75) is 25.6 Å². The molecule has 0 radical (unpaired) electrons. The third kappa shape index (κ3) is 4.63. The first-order chi connectivity index (χ1) is 17.2. The first-order valence-electron chi connectivity index (χ1n) is 11.2. The van der Waals surface area contributed by atoms with Crippen LogP contribution in [-0.4, -0.2) is 59.6 Å². The number of fused-ring (bicyclic) bond motifs is 2. The molecule has 0 unspecified atom stereocenters. The van der Waals surface area contributed by atoms with Gasteiger partial charge in [-0.05, 0) is 36.5 Å². The summed E-state index contributed by atoms with van der Waals surface area (Å²) in [5.41, 5.74) is 6.94. The van der Waals surface area contributed by atoms with E-state index >= 15 is 0 Å². The van der Waals surface area contributed by atoms with Gasteiger partial charge >= 0.3 is 6.61 Å². The molecule has 3 atom stereocenters. The lowest BCUT2D eigenvalue weighted by atomic mass is 10.0. The van der Waals surface area contributed by atoms with Gasteiger partial charge in [0.1, 0.15) is 9.90 Å². The zero-order chi connectivity index (χ0) is 25.6. The van der Waals surface area contributed by atoms with Gasteiger partial charge in [-0.25, -0.2) is 4.98 Å². The quantitative estimate of drug-likeness (QED) is 0.386. The topological polar surface area (TPSA) is 109 Å². The summed E-state index contributed by atoms with van der Waals surface area (Å²) < 4.78 is 31.4. The number of carbonyl (C=O) groups is 1. The summed E-state index contributed by atoms with van der Waals surface area (Å²) in [6, 6.07) is 7.57. The van der Waals surface area contributed by atoms with Crippen molar-refractivity contribution in [3.63, 3.8) is 0 Å². The van der Waals surface area contributed by atoms with E-state index in [0.717, 1.165) is 18.8 Å². The molecule has 2 aliphatic heterocycles. The van der Waals surface area contributed by atoms with Gasteiger partial charge in [-0.1, -0.05) is 18.5 Å². The van der Waals surface area contributed by atoms with E-state index in [1.54, 1.807) is 23.6 Å². The standard InChI is InChI=1S/C23H24ClF2N7O2S/c1-11-16-10-33(17(11)9-32(16)2)12-3-4-14(18(7-12)35-22(25)26)30-23-28-8-13(24)21(31-23)29-15-5-6-36-19(15)20(27)34/h3-8,11,16-17,22H,9-10H2,1-2H3,(H2,27,34)(H2,28,29,30,31)/t11-,16-,17-/m0/s1. The fourth-order valence-corrected chi connectivity index (χ4v) is 5.77. The Hall–Kier alpha value is -3.22. The number of likely N-dealkylation sites (tertiary alicyclic amines) is 1. The monoisotopic (exact) mass is 535 g/mol. The molecular weight excluding hydrogens is 512 g/mol. The second-order valence-electron chi connectivity index (χ2n) is 8.81. The second-order valence-corrected chi connectivity index (χ2v) is 10.1. The number of likely N-dealkylation sites (N-methyl/N-ethyl adjacent to an activating group) is 1. The molecule has 3 aromatic rings. The highest BCUT2D eigenvalue weighted by Crippen LogP contribution is 2.41. The Kier molecular flexibility index (Phi) is 6.58. The molecule has 4 N–H and O–H groups in total. The number of hydrogen-bond donors (Lipinski definition) is 3. The molecule has 2 aliphatic rings. The van der Waals surface area contributed by atoms with E-state index in [1.165, 1.54) is 17.5 Å². The first kappa shape index (κ1) is 24.5. The minimum absolute atomic E-state index is 0.0202. The lowest BCUT2D eigenvalue weighted by molar-refractivity contribution is -0.0493. The molecule has 0 spiro atoms. The molecule has 2 bridgehead atoms. The summed E-state index contributed by atoms with van der Waals surface area (Å²) in [7, 11) is 2.11. The predicted octanol–water partition coefficient (Wildman–Crippen LogP) is 4.52. The van der Waals surface area contributed by atoms with Crippen molar-refractivity contribution in [2.24, 2.45) is 11.7 Å². The number of carbonyl (C=O) groups excluding carboxylic acids is 1. The minimum Gasteiger partial charge on any atom is -0.433 e. The van der Waals surface area contributed by atoms with Crippen molar-refractivity contribution in [1.82, 2.24) is 14.9 Å². The smallest absolute Gasteiger partial charge is 0.387 e. The zero-order valence-electron chi connectivity index (χ0n) is 19.4. The van der Waals surface area contributed by atoms with Gasteiger partial charge in [0.05, 0.1) is 17.6 Å². The minimum atomic E-state index is -3.00. The van der Waals surface area contributed by atoms with Crippen LogP contribution in [0.25, 0.3) is 0 Å². The van der Waals surface area contributed by atoms with Crippen molar-refractivity contribution in [2.75, 3.05) is 35.7 Å². The number of hydrogen-bond acceptors (Lipinski definition) is 9. The number of nitrogens with zero attached hydrogens (tertiary/aromatic N) is 4. The van der Waals surface area contributed by atoms with Crippen molar-refractivity contribution in [3.05, 3.63) is 45.7 Å². The van der Waals surface area contributed by atoms with Gasteiger partial charge in [-0.15, -0.1) is 11.3 Å². The van der Waals surface area contributed by atoms with Gasteiger partial charge < -0.3 is 26.0 Å². The van der Waals surface area contributed by atoms with Crippen LogP contribution in [0.4, 0.5) is 37.6 Å². The van der Waals surface area contributed by atoms with Crippen molar-refractivity contribution in [3.8, 4) is 5.75 Å². The third-order valence-electron chi connectivity index (χ3n) is 6.68. The highest BCUT2D eigenvalue weighted by Gasteiger charge is 2.47. The van der Waals surface area contributed by atoms with E-state index in [9.17, 15) is 13.6 Å². The summed E-state index contributed by atoms with van der Waals surface area (Å²) in [5.74, 6) is 0.193. The number of rotatable bonds is 8. The van der Waals surface area contributed by atoms with Gasteiger partial charge in [-0.2, -0.15) is 13.8 Å². The summed E-state index contributed by atoms with van der Waals surface area (Å²) >= 11 is 7.41. The fraction of sp³-hybridized carbons (Fsp3) is 0.348. The maximum Gasteiger partial charge on any atom is 0.387 e. The molecule has 1 aromatic carbocycles. The maximum atomic E-state index is 13.3. The van der Waals surface area contributed by atoms with Crippen LogP contribution in [0.15, 0.2) is 35.8 Å². The van der Waals surface area contributed by atoms with Gasteiger partial charge in [0.2, 0.25) is 5.95 Å². The van der Waals surface area contributed by atoms with E-state index in [1.807, 2.05) is 6.07 Å². The van der Waals surface area contributed by atoms with Crippen molar-refractivity contribution >= 4 is 57.7 Å². The number of amides is 1. The summed E-state index contributed by atoms with van der Waals surface area (Å²) in [6.07, 6.45) is 1.36. The maximum absolute atomic E-state index is 13.3. The number of anilines is 5. The number of ether oxygens (including phenoxy) is 1. The number of nitrogens with one attached hydrogen (secondary N) is 2. The Morgan fingerprint density at radius 2 is 2.06 bits per heavy atom. The first-order valence-corrected chi connectivity index (χ1v) is 12.5. The van der Waals surface area contributed by atoms with Crippen LogP contribution in [0.2, 0.25) is 5.02 Å². The molecule has 1 amide bonds. The molecule has 190 valence electrons. The van der Waals surface area contributed by atoms with Gasteiger partial charge in [0, 0.05) is 36.9 Å². The number of primary amides is 1. The van der Waals surface area contributed by atoms with Gasteiger partial charge in [0.25, 0.3) is 5.91 Å². The summed E-state index contributed by atoms with van der Waals surface area (Å²) in [4.78, 5) is 25.0.